The highest BCUT2D eigenvalue weighted by Crippen LogP contribution is 2.28. The third-order valence-corrected chi connectivity index (χ3v) is 4.77. The monoisotopic (exact) mass is 283 g/mol. The van der Waals surface area contributed by atoms with Crippen molar-refractivity contribution in [2.45, 2.75) is 96.1 Å². The molecule has 0 unspecified atom stereocenters. The molecule has 0 spiro atoms. The van der Waals surface area contributed by atoms with Crippen LogP contribution in [0, 0.1) is 0 Å². The molecule has 0 aromatic heterocycles. The Labute approximate surface area is 124 Å². The van der Waals surface area contributed by atoms with Gasteiger partial charge in [-0.05, 0) is 39.2 Å². The fourth-order valence-corrected chi connectivity index (χ4v) is 3.49. The molecule has 0 heterocycles. The van der Waals surface area contributed by atoms with Crippen molar-refractivity contribution in [3.05, 3.63) is 0 Å². The van der Waals surface area contributed by atoms with Gasteiger partial charge in [-0.25, -0.2) is 0 Å². The highest BCUT2D eigenvalue weighted by molar-refractivity contribution is 5.66. The van der Waals surface area contributed by atoms with Crippen molar-refractivity contribution in [3.8, 4) is 0 Å². The number of carbonyl (C=O) groups is 1. The molecule has 2 fully saturated rings. The third kappa shape index (κ3) is 6.74. The minimum Gasteiger partial charge on any atom is -0.481 e. The number of carboxylic acid groups (broad SMARTS) is 1. The predicted molar refractivity (Wildman–Crippen MR) is 84.1 cm³/mol. The van der Waals surface area contributed by atoms with Crippen molar-refractivity contribution < 1.29 is 9.90 Å². The summed E-state index contributed by atoms with van der Waals surface area (Å²) in [5.41, 5.74) is 0. The van der Waals surface area contributed by atoms with Crippen LogP contribution in [-0.2, 0) is 4.79 Å². The highest BCUT2D eigenvalue weighted by Gasteiger charge is 2.25. The lowest BCUT2D eigenvalue weighted by atomic mass is 9.89. The fraction of sp³-hybridized carbons (Fsp3) is 0.941. The van der Waals surface area contributed by atoms with E-state index in [0.29, 0.717) is 6.42 Å². The number of rotatable bonds is 4. The Kier molecular flexibility index (Phi) is 8.92. The Bertz CT molecular complexity index is 238. The molecule has 0 aliphatic heterocycles. The average Bonchev–Trinajstić information content (AvgIpc) is 2.49. The van der Waals surface area contributed by atoms with Gasteiger partial charge >= 0.3 is 5.97 Å². The first-order valence-electron chi connectivity index (χ1n) is 8.58. The molecule has 2 aliphatic carbocycles. The van der Waals surface area contributed by atoms with Gasteiger partial charge in [0.2, 0.25) is 0 Å². The van der Waals surface area contributed by atoms with Gasteiger partial charge in [-0.15, -0.1) is 0 Å². The molecule has 20 heavy (non-hydrogen) atoms. The summed E-state index contributed by atoms with van der Waals surface area (Å²) in [6.45, 7) is 1.84. The topological polar surface area (TPSA) is 40.5 Å². The smallest absolute Gasteiger partial charge is 0.303 e. The van der Waals surface area contributed by atoms with Gasteiger partial charge < -0.3 is 10.0 Å². The van der Waals surface area contributed by atoms with Gasteiger partial charge in [-0.3, -0.25) is 4.79 Å². The molecule has 3 heteroatoms. The van der Waals surface area contributed by atoms with Crippen LogP contribution < -0.4 is 0 Å². The maximum Gasteiger partial charge on any atom is 0.303 e. The van der Waals surface area contributed by atoms with E-state index in [0.717, 1.165) is 18.5 Å². The van der Waals surface area contributed by atoms with Gasteiger partial charge in [0.15, 0.2) is 0 Å². The predicted octanol–water partition coefficient (Wildman–Crippen LogP) is 4.45. The van der Waals surface area contributed by atoms with E-state index in [1.807, 2.05) is 6.92 Å². The standard InChI is InChI=1S/C13H25N.C4H8O2/c1-14(12-8-4-2-5-9-12)13-10-6-3-7-11-13;1-2-3-4(5)6/h12-13H,2-11H2,1H3;2-3H2,1H3,(H,5,6). The average molecular weight is 283 g/mol. The van der Waals surface area contributed by atoms with Gasteiger partial charge in [0.1, 0.15) is 0 Å². The normalized spacial score (nSPS) is 21.4. The lowest BCUT2D eigenvalue weighted by Crippen LogP contribution is -2.42. The summed E-state index contributed by atoms with van der Waals surface area (Å²) < 4.78 is 0. The zero-order valence-electron chi connectivity index (χ0n) is 13.4. The molecule has 2 saturated carbocycles. The second kappa shape index (κ2) is 10.2. The molecule has 118 valence electrons. The van der Waals surface area contributed by atoms with Crippen LogP contribution in [0.25, 0.3) is 0 Å². The number of hydrogen-bond acceptors (Lipinski definition) is 2. The minimum absolute atomic E-state index is 0.292. The highest BCUT2D eigenvalue weighted by atomic mass is 16.4. The van der Waals surface area contributed by atoms with Crippen molar-refractivity contribution >= 4 is 5.97 Å². The second-order valence-electron chi connectivity index (χ2n) is 6.39. The molecule has 2 aliphatic rings. The minimum atomic E-state index is -0.711. The first kappa shape index (κ1) is 17.5. The third-order valence-electron chi connectivity index (χ3n) is 4.77. The first-order valence-corrected chi connectivity index (χ1v) is 8.58. The van der Waals surface area contributed by atoms with Gasteiger partial charge in [0.25, 0.3) is 0 Å². The summed E-state index contributed by atoms with van der Waals surface area (Å²) in [4.78, 5) is 12.3. The van der Waals surface area contributed by atoms with E-state index < -0.39 is 5.97 Å². The van der Waals surface area contributed by atoms with Crippen LogP contribution in [-0.4, -0.2) is 35.1 Å². The van der Waals surface area contributed by atoms with Crippen molar-refractivity contribution in [1.82, 2.24) is 4.90 Å². The van der Waals surface area contributed by atoms with E-state index in [9.17, 15) is 4.79 Å². The summed E-state index contributed by atoms with van der Waals surface area (Å²) in [6, 6.07) is 1.85. The van der Waals surface area contributed by atoms with Crippen LogP contribution in [0.4, 0.5) is 0 Å². The Morgan fingerprint density at radius 2 is 1.35 bits per heavy atom. The molecule has 0 bridgehead atoms. The van der Waals surface area contributed by atoms with Gasteiger partial charge in [-0.2, -0.15) is 0 Å². The van der Waals surface area contributed by atoms with Crippen LogP contribution >= 0.6 is 0 Å². The van der Waals surface area contributed by atoms with Gasteiger partial charge in [-0.1, -0.05) is 45.4 Å². The van der Waals surface area contributed by atoms with E-state index in [1.165, 1.54) is 64.2 Å². The number of carboxylic acids is 1. The zero-order chi connectivity index (χ0) is 14.8. The molecule has 0 aromatic carbocycles. The van der Waals surface area contributed by atoms with Crippen molar-refractivity contribution in [1.29, 1.82) is 0 Å². The summed E-state index contributed by atoms with van der Waals surface area (Å²) in [6.07, 6.45) is 15.7. The number of nitrogens with zero attached hydrogens (tertiary/aromatic N) is 1. The fourth-order valence-electron chi connectivity index (χ4n) is 3.49. The lowest BCUT2D eigenvalue weighted by molar-refractivity contribution is -0.137. The van der Waals surface area contributed by atoms with Crippen LogP contribution in [0.3, 0.4) is 0 Å². The van der Waals surface area contributed by atoms with E-state index in [-0.39, 0.29) is 0 Å². The van der Waals surface area contributed by atoms with E-state index in [1.54, 1.807) is 0 Å². The second-order valence-corrected chi connectivity index (χ2v) is 6.39. The molecule has 0 aromatic rings. The van der Waals surface area contributed by atoms with Crippen LogP contribution in [0.2, 0.25) is 0 Å². The molecule has 2 rings (SSSR count). The molecule has 0 atom stereocenters. The van der Waals surface area contributed by atoms with E-state index >= 15 is 0 Å². The lowest BCUT2D eigenvalue weighted by Gasteiger charge is -2.39. The van der Waals surface area contributed by atoms with E-state index in [2.05, 4.69) is 11.9 Å². The van der Waals surface area contributed by atoms with E-state index in [4.69, 9.17) is 5.11 Å². The number of hydrogen-bond donors (Lipinski definition) is 1. The summed E-state index contributed by atoms with van der Waals surface area (Å²) in [5.74, 6) is -0.711. The molecular weight excluding hydrogens is 250 g/mol. The molecule has 1 N–H and O–H groups in total. The first-order chi connectivity index (χ1) is 9.65. The van der Waals surface area contributed by atoms with Crippen molar-refractivity contribution in [2.24, 2.45) is 0 Å². The Balaban J connectivity index is 0.000000286. The number of aliphatic carboxylic acids is 1. The van der Waals surface area contributed by atoms with Crippen molar-refractivity contribution in [2.75, 3.05) is 7.05 Å². The van der Waals surface area contributed by atoms with Crippen LogP contribution in [0.1, 0.15) is 84.0 Å². The summed E-state index contributed by atoms with van der Waals surface area (Å²) in [5, 5.41) is 7.91. The Morgan fingerprint density at radius 3 is 1.60 bits per heavy atom. The summed E-state index contributed by atoms with van der Waals surface area (Å²) >= 11 is 0. The van der Waals surface area contributed by atoms with Gasteiger partial charge in [0, 0.05) is 18.5 Å². The molecule has 0 radical (unpaired) electrons. The Morgan fingerprint density at radius 1 is 0.950 bits per heavy atom. The molecule has 0 amide bonds. The summed E-state index contributed by atoms with van der Waals surface area (Å²) in [7, 11) is 2.38. The SMILES string of the molecule is CCCC(=O)O.CN(C1CCCCC1)C1CCCCC1. The molecule has 3 nitrogen and oxygen atoms in total. The van der Waals surface area contributed by atoms with Crippen LogP contribution in [0.5, 0.6) is 0 Å². The molecule has 0 saturated heterocycles. The van der Waals surface area contributed by atoms with Crippen molar-refractivity contribution in [3.63, 3.8) is 0 Å². The van der Waals surface area contributed by atoms with Crippen LogP contribution in [0.15, 0.2) is 0 Å². The quantitative estimate of drug-likeness (QED) is 0.828. The maximum absolute atomic E-state index is 9.60. The molecular formula is C17H33NO2. The largest absolute Gasteiger partial charge is 0.481 e. The van der Waals surface area contributed by atoms with Gasteiger partial charge in [0.05, 0.1) is 0 Å². The Hall–Kier alpha value is -0.570. The zero-order valence-corrected chi connectivity index (χ0v) is 13.4. The maximum atomic E-state index is 9.60.